The van der Waals surface area contributed by atoms with Crippen LogP contribution in [0.5, 0.6) is 5.75 Å². The van der Waals surface area contributed by atoms with Gasteiger partial charge >= 0.3 is 0 Å². The summed E-state index contributed by atoms with van der Waals surface area (Å²) < 4.78 is 6.05. The van der Waals surface area contributed by atoms with Gasteiger partial charge in [-0.2, -0.15) is 0 Å². The Kier molecular flexibility index (Phi) is 10.2. The van der Waals surface area contributed by atoms with E-state index >= 15 is 0 Å². The molecule has 0 aliphatic rings. The third kappa shape index (κ3) is 7.75. The van der Waals surface area contributed by atoms with Gasteiger partial charge in [0.15, 0.2) is 6.61 Å². The molecule has 0 saturated heterocycles. The first-order chi connectivity index (χ1) is 19.0. The topological polar surface area (TPSA) is 58.6 Å². The van der Waals surface area contributed by atoms with Crippen LogP contribution in [0.1, 0.15) is 30.9 Å². The van der Waals surface area contributed by atoms with Gasteiger partial charge < -0.3 is 15.0 Å². The number of carbonyl (C=O) groups is 2. The summed E-state index contributed by atoms with van der Waals surface area (Å²) in [6.07, 6.45) is 2.17. The van der Waals surface area contributed by atoms with E-state index in [4.69, 9.17) is 27.9 Å². The zero-order valence-corrected chi connectivity index (χ0v) is 23.4. The molecule has 0 heterocycles. The second kappa shape index (κ2) is 14.0. The lowest BCUT2D eigenvalue weighted by molar-refractivity contribution is -0.142. The summed E-state index contributed by atoms with van der Waals surface area (Å²) in [7, 11) is 0. The SMILES string of the molecule is CCCCNC(=O)[C@@H](Cc1ccccc1)N(Cc1ccc(Cl)c(Cl)c1)C(=O)COc1cccc2ccccc12. The van der Waals surface area contributed by atoms with E-state index < -0.39 is 6.04 Å². The highest BCUT2D eigenvalue weighted by molar-refractivity contribution is 6.42. The summed E-state index contributed by atoms with van der Waals surface area (Å²) in [4.78, 5) is 29.0. The number of fused-ring (bicyclic) bond motifs is 1. The lowest BCUT2D eigenvalue weighted by atomic mass is 10.0. The fraction of sp³-hybridized carbons (Fsp3) is 0.250. The molecule has 2 amide bonds. The Hall–Kier alpha value is -3.54. The Labute approximate surface area is 239 Å². The van der Waals surface area contributed by atoms with E-state index in [9.17, 15) is 9.59 Å². The summed E-state index contributed by atoms with van der Waals surface area (Å²) in [5.41, 5.74) is 1.72. The Morgan fingerprint density at radius 1 is 0.872 bits per heavy atom. The van der Waals surface area contributed by atoms with Crippen LogP contribution in [0.4, 0.5) is 0 Å². The van der Waals surface area contributed by atoms with Crippen LogP contribution >= 0.6 is 23.2 Å². The second-order valence-electron chi connectivity index (χ2n) is 9.39. The fourth-order valence-corrected chi connectivity index (χ4v) is 4.76. The van der Waals surface area contributed by atoms with Gasteiger partial charge in [0.2, 0.25) is 5.91 Å². The number of nitrogens with one attached hydrogen (secondary N) is 1. The molecule has 5 nitrogen and oxygen atoms in total. The molecule has 1 N–H and O–H groups in total. The number of nitrogens with zero attached hydrogens (tertiary/aromatic N) is 1. The molecule has 0 bridgehead atoms. The van der Waals surface area contributed by atoms with Crippen molar-refractivity contribution in [2.75, 3.05) is 13.2 Å². The quantitative estimate of drug-likeness (QED) is 0.188. The van der Waals surface area contributed by atoms with Crippen molar-refractivity contribution in [3.05, 3.63) is 112 Å². The normalized spacial score (nSPS) is 11.7. The lowest BCUT2D eigenvalue weighted by Crippen LogP contribution is -2.51. The maximum absolute atomic E-state index is 13.8. The van der Waals surface area contributed by atoms with Crippen LogP contribution in [0.3, 0.4) is 0 Å². The van der Waals surface area contributed by atoms with Crippen LogP contribution in [-0.2, 0) is 22.6 Å². The molecule has 1 atom stereocenters. The Bertz CT molecular complexity index is 1410. The molecule has 4 rings (SSSR count). The Morgan fingerprint density at radius 2 is 1.62 bits per heavy atom. The molecule has 0 spiro atoms. The van der Waals surface area contributed by atoms with Crippen LogP contribution in [0, 0.1) is 0 Å². The van der Waals surface area contributed by atoms with Crippen molar-refractivity contribution in [3.63, 3.8) is 0 Å². The van der Waals surface area contributed by atoms with Crippen molar-refractivity contribution in [3.8, 4) is 5.75 Å². The zero-order chi connectivity index (χ0) is 27.6. The number of halogens is 2. The number of unbranched alkanes of at least 4 members (excludes halogenated alkanes) is 1. The molecule has 202 valence electrons. The van der Waals surface area contributed by atoms with Gasteiger partial charge in [-0.15, -0.1) is 0 Å². The van der Waals surface area contributed by atoms with Gasteiger partial charge in [-0.25, -0.2) is 0 Å². The van der Waals surface area contributed by atoms with E-state index in [1.807, 2.05) is 78.9 Å². The number of benzene rings is 4. The van der Waals surface area contributed by atoms with Gasteiger partial charge in [-0.3, -0.25) is 9.59 Å². The number of hydrogen-bond acceptors (Lipinski definition) is 3. The van der Waals surface area contributed by atoms with Crippen LogP contribution in [0.15, 0.2) is 91.0 Å². The summed E-state index contributed by atoms with van der Waals surface area (Å²) in [5, 5.41) is 5.78. The molecular weight excluding hydrogens is 531 g/mol. The Balaban J connectivity index is 1.64. The van der Waals surface area contributed by atoms with Crippen molar-refractivity contribution in [1.82, 2.24) is 10.2 Å². The molecule has 0 aliphatic heterocycles. The highest BCUT2D eigenvalue weighted by Gasteiger charge is 2.30. The van der Waals surface area contributed by atoms with Crippen LogP contribution in [0.25, 0.3) is 10.8 Å². The molecule has 0 radical (unpaired) electrons. The predicted molar refractivity (Wildman–Crippen MR) is 158 cm³/mol. The second-order valence-corrected chi connectivity index (χ2v) is 10.2. The highest BCUT2D eigenvalue weighted by Crippen LogP contribution is 2.26. The molecule has 0 aromatic heterocycles. The molecule has 0 aliphatic carbocycles. The number of hydrogen-bond donors (Lipinski definition) is 1. The maximum atomic E-state index is 13.8. The number of ether oxygens (including phenoxy) is 1. The molecule has 0 fully saturated rings. The van der Waals surface area contributed by atoms with E-state index in [1.54, 1.807) is 17.0 Å². The summed E-state index contributed by atoms with van der Waals surface area (Å²) in [5.74, 6) is 0.106. The molecule has 4 aromatic rings. The molecule has 7 heteroatoms. The fourth-order valence-electron chi connectivity index (χ4n) is 4.44. The first kappa shape index (κ1) is 28.5. The van der Waals surface area contributed by atoms with Crippen molar-refractivity contribution in [2.24, 2.45) is 0 Å². The molecular formula is C32H32Cl2N2O3. The van der Waals surface area contributed by atoms with Gasteiger partial charge in [0.05, 0.1) is 10.0 Å². The van der Waals surface area contributed by atoms with E-state index in [0.717, 1.165) is 34.7 Å². The molecule has 4 aromatic carbocycles. The third-order valence-electron chi connectivity index (χ3n) is 6.54. The molecule has 0 saturated carbocycles. The Morgan fingerprint density at radius 3 is 2.38 bits per heavy atom. The van der Waals surface area contributed by atoms with Crippen LogP contribution < -0.4 is 10.1 Å². The van der Waals surface area contributed by atoms with Crippen molar-refractivity contribution in [2.45, 2.75) is 38.8 Å². The zero-order valence-electron chi connectivity index (χ0n) is 21.9. The van der Waals surface area contributed by atoms with Gasteiger partial charge in [-0.1, -0.05) is 109 Å². The summed E-state index contributed by atoms with van der Waals surface area (Å²) >= 11 is 12.4. The van der Waals surface area contributed by atoms with Gasteiger partial charge in [0.1, 0.15) is 11.8 Å². The first-order valence-electron chi connectivity index (χ1n) is 13.1. The summed E-state index contributed by atoms with van der Waals surface area (Å²) in [6.45, 7) is 2.57. The largest absolute Gasteiger partial charge is 0.483 e. The minimum Gasteiger partial charge on any atom is -0.483 e. The maximum Gasteiger partial charge on any atom is 0.261 e. The van der Waals surface area contributed by atoms with Gasteiger partial charge in [0.25, 0.3) is 5.91 Å². The minimum absolute atomic E-state index is 0.174. The summed E-state index contributed by atoms with van der Waals surface area (Å²) in [6, 6.07) is 27.8. The van der Waals surface area contributed by atoms with Crippen molar-refractivity contribution >= 4 is 45.8 Å². The smallest absolute Gasteiger partial charge is 0.261 e. The van der Waals surface area contributed by atoms with E-state index in [1.165, 1.54) is 0 Å². The minimum atomic E-state index is -0.748. The lowest BCUT2D eigenvalue weighted by Gasteiger charge is -2.31. The van der Waals surface area contributed by atoms with Crippen LogP contribution in [-0.4, -0.2) is 35.9 Å². The van der Waals surface area contributed by atoms with E-state index in [2.05, 4.69) is 12.2 Å². The predicted octanol–water partition coefficient (Wildman–Crippen LogP) is 7.08. The van der Waals surface area contributed by atoms with E-state index in [-0.39, 0.29) is 25.0 Å². The highest BCUT2D eigenvalue weighted by atomic mass is 35.5. The van der Waals surface area contributed by atoms with Crippen molar-refractivity contribution in [1.29, 1.82) is 0 Å². The monoisotopic (exact) mass is 562 g/mol. The number of carbonyl (C=O) groups excluding carboxylic acids is 2. The third-order valence-corrected chi connectivity index (χ3v) is 7.28. The molecule has 0 unspecified atom stereocenters. The average molecular weight is 564 g/mol. The number of amides is 2. The van der Waals surface area contributed by atoms with E-state index in [0.29, 0.717) is 28.8 Å². The first-order valence-corrected chi connectivity index (χ1v) is 13.9. The van der Waals surface area contributed by atoms with Crippen LogP contribution in [0.2, 0.25) is 10.0 Å². The average Bonchev–Trinajstić information content (AvgIpc) is 2.96. The number of rotatable bonds is 12. The van der Waals surface area contributed by atoms with Crippen molar-refractivity contribution < 1.29 is 14.3 Å². The standard InChI is InChI=1S/C32H32Cl2N2O3/c1-2-3-18-35-32(38)29(20-23-10-5-4-6-11-23)36(21-24-16-17-27(33)28(34)19-24)31(37)22-39-30-15-9-13-25-12-7-8-14-26(25)30/h4-17,19,29H,2-3,18,20-22H2,1H3,(H,35,38)/t29-/m1/s1. The van der Waals surface area contributed by atoms with Gasteiger partial charge in [-0.05, 0) is 41.1 Å². The molecule has 39 heavy (non-hydrogen) atoms. The van der Waals surface area contributed by atoms with Gasteiger partial charge in [0, 0.05) is 24.9 Å².